The molecule has 1 atom stereocenters. The van der Waals surface area contributed by atoms with Gasteiger partial charge in [-0.05, 0) is 23.3 Å². The lowest BCUT2D eigenvalue weighted by Crippen LogP contribution is -2.52. The van der Waals surface area contributed by atoms with Crippen molar-refractivity contribution in [2.24, 2.45) is 0 Å². The molecule has 2 fully saturated rings. The van der Waals surface area contributed by atoms with Crippen molar-refractivity contribution in [3.05, 3.63) is 96.1 Å². The molecule has 5 rings (SSSR count). The molecule has 37 heavy (non-hydrogen) atoms. The first-order valence-corrected chi connectivity index (χ1v) is 12.4. The summed E-state index contributed by atoms with van der Waals surface area (Å²) in [6.45, 7) is 1.97. The van der Waals surface area contributed by atoms with Crippen molar-refractivity contribution in [3.63, 3.8) is 0 Å². The number of nitrogens with one attached hydrogen (secondary N) is 1. The van der Waals surface area contributed by atoms with Gasteiger partial charge in [-0.15, -0.1) is 0 Å². The summed E-state index contributed by atoms with van der Waals surface area (Å²) in [6.07, 6.45) is 0.296. The maximum absolute atomic E-state index is 13.8. The Kier molecular flexibility index (Phi) is 6.81. The summed E-state index contributed by atoms with van der Waals surface area (Å²) in [4.78, 5) is 45.1. The summed E-state index contributed by atoms with van der Waals surface area (Å²) in [7, 11) is 1.64. The fraction of sp³-hybridized carbons (Fsp3) is 0.276. The summed E-state index contributed by atoms with van der Waals surface area (Å²) < 4.78 is 5.47. The molecular weight excluding hydrogens is 468 g/mol. The number of anilines is 1. The number of ether oxygens (including phenoxy) is 1. The largest absolute Gasteiger partial charge is 0.495 e. The van der Waals surface area contributed by atoms with Crippen LogP contribution in [0.1, 0.15) is 11.1 Å². The molecule has 4 amide bonds. The zero-order chi connectivity index (χ0) is 25.8. The molecule has 2 aliphatic heterocycles. The molecule has 0 aliphatic carbocycles. The molecule has 0 unspecified atom stereocenters. The van der Waals surface area contributed by atoms with Gasteiger partial charge in [0.25, 0.3) is 5.91 Å². The first-order valence-electron chi connectivity index (χ1n) is 12.4. The molecule has 190 valence electrons. The molecule has 3 aromatic rings. The first kappa shape index (κ1) is 24.4. The number of carbonyl (C=O) groups excluding carboxylic acids is 3. The lowest BCUT2D eigenvalue weighted by Gasteiger charge is -2.37. The third kappa shape index (κ3) is 4.74. The molecule has 3 aromatic carbocycles. The Morgan fingerprint density at radius 1 is 0.865 bits per heavy atom. The normalized spacial score (nSPS) is 19.6. The third-order valence-corrected chi connectivity index (χ3v) is 7.11. The molecular formula is C29H30N4O4. The monoisotopic (exact) mass is 498 g/mol. The zero-order valence-corrected chi connectivity index (χ0v) is 20.8. The van der Waals surface area contributed by atoms with Gasteiger partial charge < -0.3 is 19.9 Å². The van der Waals surface area contributed by atoms with E-state index in [-0.39, 0.29) is 12.5 Å². The number of hydrogen-bond donors (Lipinski definition) is 1. The van der Waals surface area contributed by atoms with E-state index < -0.39 is 17.5 Å². The van der Waals surface area contributed by atoms with E-state index in [4.69, 9.17) is 4.74 Å². The van der Waals surface area contributed by atoms with E-state index in [1.54, 1.807) is 12.0 Å². The number of imide groups is 1. The van der Waals surface area contributed by atoms with Gasteiger partial charge in [-0.2, -0.15) is 0 Å². The molecule has 0 saturated carbocycles. The van der Waals surface area contributed by atoms with Crippen molar-refractivity contribution < 1.29 is 19.1 Å². The van der Waals surface area contributed by atoms with Crippen molar-refractivity contribution in [1.29, 1.82) is 0 Å². The fourth-order valence-electron chi connectivity index (χ4n) is 5.13. The average molecular weight is 499 g/mol. The summed E-state index contributed by atoms with van der Waals surface area (Å²) in [6, 6.07) is 26.1. The standard InChI is InChI=1S/C29H30N4O4/c1-37-25-15-9-8-14-24(25)31-16-18-32(19-17-31)26(34)21-33-27(35)29(30-28(33)36,23-12-6-3-7-13-23)20-22-10-4-2-5-11-22/h2-15H,16-21H2,1H3,(H,30,36)/t29-/m1/s1. The zero-order valence-electron chi connectivity index (χ0n) is 20.8. The minimum atomic E-state index is -1.26. The summed E-state index contributed by atoms with van der Waals surface area (Å²) in [5, 5.41) is 2.93. The van der Waals surface area contributed by atoms with Crippen LogP contribution in [0.2, 0.25) is 0 Å². The SMILES string of the molecule is COc1ccccc1N1CCN(C(=O)CN2C(=O)N[C@](Cc3ccccc3)(c3ccccc3)C2=O)CC1. The highest BCUT2D eigenvalue weighted by Gasteiger charge is 2.53. The predicted molar refractivity (Wildman–Crippen MR) is 140 cm³/mol. The van der Waals surface area contributed by atoms with E-state index in [0.717, 1.165) is 21.9 Å². The Balaban J connectivity index is 1.30. The van der Waals surface area contributed by atoms with Crippen LogP contribution in [0.3, 0.4) is 0 Å². The van der Waals surface area contributed by atoms with Crippen LogP contribution in [-0.2, 0) is 21.5 Å². The predicted octanol–water partition coefficient (Wildman–Crippen LogP) is 3.03. The lowest BCUT2D eigenvalue weighted by atomic mass is 9.83. The van der Waals surface area contributed by atoms with Crippen molar-refractivity contribution in [3.8, 4) is 5.75 Å². The van der Waals surface area contributed by atoms with Crippen molar-refractivity contribution in [2.45, 2.75) is 12.0 Å². The van der Waals surface area contributed by atoms with Crippen molar-refractivity contribution >= 4 is 23.5 Å². The number of benzene rings is 3. The molecule has 0 radical (unpaired) electrons. The molecule has 2 heterocycles. The Labute approximate surface area is 216 Å². The number of para-hydroxylation sites is 2. The molecule has 0 aromatic heterocycles. The van der Waals surface area contributed by atoms with E-state index >= 15 is 0 Å². The first-order chi connectivity index (χ1) is 18.0. The summed E-state index contributed by atoms with van der Waals surface area (Å²) >= 11 is 0. The number of amides is 4. The summed E-state index contributed by atoms with van der Waals surface area (Å²) in [5.41, 5.74) is 1.33. The highest BCUT2D eigenvalue weighted by atomic mass is 16.5. The van der Waals surface area contributed by atoms with Gasteiger partial charge in [0.05, 0.1) is 12.8 Å². The third-order valence-electron chi connectivity index (χ3n) is 7.11. The quantitative estimate of drug-likeness (QED) is 0.507. The molecule has 2 saturated heterocycles. The van der Waals surface area contributed by atoms with Gasteiger partial charge in [-0.3, -0.25) is 14.5 Å². The second-order valence-corrected chi connectivity index (χ2v) is 9.29. The molecule has 8 heteroatoms. The van der Waals surface area contributed by atoms with Gasteiger partial charge in [-0.25, -0.2) is 4.79 Å². The number of nitrogens with zero attached hydrogens (tertiary/aromatic N) is 3. The van der Waals surface area contributed by atoms with Gasteiger partial charge in [-0.1, -0.05) is 72.8 Å². The van der Waals surface area contributed by atoms with Gasteiger partial charge in [0, 0.05) is 32.6 Å². The molecule has 2 aliphatic rings. The van der Waals surface area contributed by atoms with E-state index in [0.29, 0.717) is 38.2 Å². The molecule has 0 bridgehead atoms. The maximum Gasteiger partial charge on any atom is 0.325 e. The highest BCUT2D eigenvalue weighted by molar-refractivity contribution is 6.09. The molecule has 1 N–H and O–H groups in total. The van der Waals surface area contributed by atoms with E-state index in [9.17, 15) is 14.4 Å². The van der Waals surface area contributed by atoms with Crippen LogP contribution in [0.5, 0.6) is 5.75 Å². The second-order valence-electron chi connectivity index (χ2n) is 9.29. The van der Waals surface area contributed by atoms with Gasteiger partial charge >= 0.3 is 6.03 Å². The van der Waals surface area contributed by atoms with Crippen LogP contribution < -0.4 is 15.0 Å². The number of rotatable bonds is 7. The van der Waals surface area contributed by atoms with Crippen LogP contribution in [-0.4, -0.2) is 67.5 Å². The van der Waals surface area contributed by atoms with Crippen LogP contribution in [0.4, 0.5) is 10.5 Å². The van der Waals surface area contributed by atoms with Crippen LogP contribution in [0.15, 0.2) is 84.9 Å². The van der Waals surface area contributed by atoms with E-state index in [1.807, 2.05) is 84.9 Å². The second kappa shape index (κ2) is 10.3. The number of urea groups is 1. The Hall–Kier alpha value is -4.33. The minimum absolute atomic E-state index is 0.244. The smallest absolute Gasteiger partial charge is 0.325 e. The Morgan fingerprint density at radius 2 is 1.49 bits per heavy atom. The van der Waals surface area contributed by atoms with Crippen molar-refractivity contribution in [1.82, 2.24) is 15.1 Å². The average Bonchev–Trinajstić information content (AvgIpc) is 3.19. The molecule has 0 spiro atoms. The number of carbonyl (C=O) groups is 3. The van der Waals surface area contributed by atoms with Gasteiger partial charge in [0.2, 0.25) is 5.91 Å². The lowest BCUT2D eigenvalue weighted by molar-refractivity contribution is -0.139. The maximum atomic E-state index is 13.8. The van der Waals surface area contributed by atoms with E-state index in [2.05, 4.69) is 10.2 Å². The number of hydrogen-bond acceptors (Lipinski definition) is 5. The highest BCUT2D eigenvalue weighted by Crippen LogP contribution is 2.33. The van der Waals surface area contributed by atoms with Gasteiger partial charge in [0.15, 0.2) is 5.54 Å². The fourth-order valence-corrected chi connectivity index (χ4v) is 5.13. The molecule has 8 nitrogen and oxygen atoms in total. The topological polar surface area (TPSA) is 82.2 Å². The Morgan fingerprint density at radius 3 is 2.16 bits per heavy atom. The Bertz CT molecular complexity index is 1280. The van der Waals surface area contributed by atoms with Crippen molar-refractivity contribution in [2.75, 3.05) is 44.7 Å². The van der Waals surface area contributed by atoms with Crippen LogP contribution in [0, 0.1) is 0 Å². The van der Waals surface area contributed by atoms with Gasteiger partial charge in [0.1, 0.15) is 12.3 Å². The number of methoxy groups -OCH3 is 1. The minimum Gasteiger partial charge on any atom is -0.495 e. The van der Waals surface area contributed by atoms with Crippen LogP contribution in [0.25, 0.3) is 0 Å². The van der Waals surface area contributed by atoms with E-state index in [1.165, 1.54) is 0 Å². The van der Waals surface area contributed by atoms with Crippen LogP contribution >= 0.6 is 0 Å². The summed E-state index contributed by atoms with van der Waals surface area (Å²) in [5.74, 6) is 0.137. The number of piperazine rings is 1.